The van der Waals surface area contributed by atoms with Crippen LogP contribution in [0.15, 0.2) is 24.3 Å². The molecule has 1 aliphatic heterocycles. The molecule has 0 atom stereocenters. The summed E-state index contributed by atoms with van der Waals surface area (Å²) in [5.74, 6) is -1.99. The van der Waals surface area contributed by atoms with Gasteiger partial charge in [0, 0.05) is 30.8 Å². The van der Waals surface area contributed by atoms with Crippen LogP contribution in [0.2, 0.25) is 0 Å². The maximum Gasteiger partial charge on any atom is 0.269 e. The number of amides is 2. The van der Waals surface area contributed by atoms with Crippen LogP contribution >= 0.6 is 0 Å². The van der Waals surface area contributed by atoms with Gasteiger partial charge in [0.25, 0.3) is 5.91 Å². The quantitative estimate of drug-likeness (QED) is 0.881. The van der Waals surface area contributed by atoms with Gasteiger partial charge in [0.2, 0.25) is 5.91 Å². The van der Waals surface area contributed by atoms with Crippen LogP contribution in [0, 0.1) is 11.6 Å². The minimum atomic E-state index is -0.709. The number of halogens is 2. The number of hydrogen-bond donors (Lipinski definition) is 2. The number of piperidine rings is 1. The number of benzene rings is 1. The monoisotopic (exact) mass is 348 g/mol. The number of nitrogens with one attached hydrogen (secondary N) is 1. The first-order valence-corrected chi connectivity index (χ1v) is 8.01. The molecule has 3 rings (SSSR count). The van der Waals surface area contributed by atoms with Crippen LogP contribution in [-0.4, -0.2) is 40.0 Å². The van der Waals surface area contributed by atoms with Crippen molar-refractivity contribution < 1.29 is 18.4 Å². The van der Waals surface area contributed by atoms with Crippen LogP contribution in [0.3, 0.4) is 0 Å². The molecular weight excluding hydrogens is 330 g/mol. The number of H-pyrrole nitrogens is 1. The number of rotatable bonds is 4. The summed E-state index contributed by atoms with van der Waals surface area (Å²) in [5.41, 5.74) is 6.39. The van der Waals surface area contributed by atoms with E-state index in [2.05, 4.69) is 10.2 Å². The van der Waals surface area contributed by atoms with E-state index in [1.807, 2.05) is 0 Å². The number of aromatic nitrogens is 2. The summed E-state index contributed by atoms with van der Waals surface area (Å²) in [4.78, 5) is 25.1. The molecule has 2 amide bonds. The van der Waals surface area contributed by atoms with Crippen LogP contribution < -0.4 is 5.73 Å². The minimum Gasteiger partial charge on any atom is -0.364 e. The van der Waals surface area contributed by atoms with Crippen molar-refractivity contribution in [2.45, 2.75) is 25.2 Å². The number of nitrogens with zero attached hydrogens (tertiary/aromatic N) is 2. The van der Waals surface area contributed by atoms with E-state index < -0.39 is 17.5 Å². The Morgan fingerprint density at radius 1 is 1.24 bits per heavy atom. The number of nitrogens with two attached hydrogens (primary N) is 1. The summed E-state index contributed by atoms with van der Waals surface area (Å²) in [6.45, 7) is 1.05. The van der Waals surface area contributed by atoms with Crippen LogP contribution in [0.1, 0.15) is 40.5 Å². The number of carbonyl (C=O) groups excluding carboxylic acids is 2. The molecule has 0 aliphatic carbocycles. The topological polar surface area (TPSA) is 92.1 Å². The molecule has 2 heterocycles. The van der Waals surface area contributed by atoms with E-state index in [4.69, 9.17) is 5.73 Å². The Labute approximate surface area is 143 Å². The molecule has 0 radical (unpaired) electrons. The fourth-order valence-corrected chi connectivity index (χ4v) is 3.05. The van der Waals surface area contributed by atoms with Crippen molar-refractivity contribution in [3.05, 3.63) is 52.9 Å². The standard InChI is InChI=1S/C17H18F2N4O2/c18-12-2-1-11(13(19)8-12)7-16(24)23-5-3-10(4-6-23)14-9-15(17(20)25)22-21-14/h1-2,8-10H,3-7H2,(H2,20,25)(H,21,22). The lowest BCUT2D eigenvalue weighted by atomic mass is 9.93. The number of primary amides is 1. The Balaban J connectivity index is 1.57. The minimum absolute atomic E-state index is 0.0906. The van der Waals surface area contributed by atoms with Crippen molar-refractivity contribution >= 4 is 11.8 Å². The van der Waals surface area contributed by atoms with E-state index in [0.717, 1.165) is 17.8 Å². The molecule has 1 aromatic heterocycles. The van der Waals surface area contributed by atoms with Crippen molar-refractivity contribution in [1.82, 2.24) is 15.1 Å². The molecule has 1 fully saturated rings. The van der Waals surface area contributed by atoms with Gasteiger partial charge >= 0.3 is 0 Å². The lowest BCUT2D eigenvalue weighted by Crippen LogP contribution is -2.39. The lowest BCUT2D eigenvalue weighted by molar-refractivity contribution is -0.131. The third kappa shape index (κ3) is 3.84. The molecule has 3 N–H and O–H groups in total. The molecule has 25 heavy (non-hydrogen) atoms. The molecule has 1 aliphatic rings. The highest BCUT2D eigenvalue weighted by molar-refractivity contribution is 5.90. The van der Waals surface area contributed by atoms with Crippen LogP contribution in [-0.2, 0) is 11.2 Å². The molecule has 0 bridgehead atoms. The highest BCUT2D eigenvalue weighted by Crippen LogP contribution is 2.27. The van der Waals surface area contributed by atoms with Crippen molar-refractivity contribution in [2.75, 3.05) is 13.1 Å². The molecule has 8 heteroatoms. The van der Waals surface area contributed by atoms with Gasteiger partial charge in [0.15, 0.2) is 0 Å². The highest BCUT2D eigenvalue weighted by Gasteiger charge is 2.26. The van der Waals surface area contributed by atoms with Crippen LogP contribution in [0.5, 0.6) is 0 Å². The number of hydrogen-bond acceptors (Lipinski definition) is 3. The van der Waals surface area contributed by atoms with Gasteiger partial charge in [-0.2, -0.15) is 5.10 Å². The Morgan fingerprint density at radius 3 is 2.56 bits per heavy atom. The zero-order chi connectivity index (χ0) is 18.0. The third-order valence-corrected chi connectivity index (χ3v) is 4.49. The average molecular weight is 348 g/mol. The second kappa shape index (κ2) is 7.00. The van der Waals surface area contributed by atoms with E-state index >= 15 is 0 Å². The fraction of sp³-hybridized carbons (Fsp3) is 0.353. The Bertz CT molecular complexity index is 798. The average Bonchev–Trinajstić information content (AvgIpc) is 3.08. The predicted molar refractivity (Wildman–Crippen MR) is 85.7 cm³/mol. The van der Waals surface area contributed by atoms with Crippen molar-refractivity contribution in [2.24, 2.45) is 5.73 Å². The highest BCUT2D eigenvalue weighted by atomic mass is 19.1. The van der Waals surface area contributed by atoms with Crippen molar-refractivity contribution in [1.29, 1.82) is 0 Å². The van der Waals surface area contributed by atoms with Crippen molar-refractivity contribution in [3.8, 4) is 0 Å². The molecule has 132 valence electrons. The van der Waals surface area contributed by atoms with E-state index in [9.17, 15) is 18.4 Å². The fourth-order valence-electron chi connectivity index (χ4n) is 3.05. The first kappa shape index (κ1) is 17.1. The van der Waals surface area contributed by atoms with Gasteiger partial charge in [-0.3, -0.25) is 14.7 Å². The molecule has 1 aromatic carbocycles. The molecule has 1 saturated heterocycles. The molecular formula is C17H18F2N4O2. The summed E-state index contributed by atoms with van der Waals surface area (Å²) in [5, 5.41) is 6.68. The smallest absolute Gasteiger partial charge is 0.269 e. The maximum absolute atomic E-state index is 13.7. The largest absolute Gasteiger partial charge is 0.364 e. The second-order valence-corrected chi connectivity index (χ2v) is 6.14. The zero-order valence-electron chi connectivity index (χ0n) is 13.5. The van der Waals surface area contributed by atoms with E-state index in [1.54, 1.807) is 11.0 Å². The molecule has 0 saturated carbocycles. The number of likely N-dealkylation sites (tertiary alicyclic amines) is 1. The van der Waals surface area contributed by atoms with Crippen LogP contribution in [0.25, 0.3) is 0 Å². The van der Waals surface area contributed by atoms with E-state index in [-0.39, 0.29) is 29.5 Å². The molecule has 0 unspecified atom stereocenters. The molecule has 2 aromatic rings. The van der Waals surface area contributed by atoms with Gasteiger partial charge in [0.1, 0.15) is 17.3 Å². The van der Waals surface area contributed by atoms with Gasteiger partial charge in [-0.1, -0.05) is 6.07 Å². The first-order chi connectivity index (χ1) is 11.9. The lowest BCUT2D eigenvalue weighted by Gasteiger charge is -2.31. The molecule has 0 spiro atoms. The predicted octanol–water partition coefficient (Wildman–Crippen LogP) is 1.74. The molecule has 6 nitrogen and oxygen atoms in total. The van der Waals surface area contributed by atoms with Crippen LogP contribution in [0.4, 0.5) is 8.78 Å². The van der Waals surface area contributed by atoms with Gasteiger partial charge in [-0.25, -0.2) is 8.78 Å². The first-order valence-electron chi connectivity index (χ1n) is 8.01. The van der Waals surface area contributed by atoms with Gasteiger partial charge in [-0.15, -0.1) is 0 Å². The summed E-state index contributed by atoms with van der Waals surface area (Å²) < 4.78 is 26.6. The number of aromatic amines is 1. The number of carbonyl (C=O) groups is 2. The summed E-state index contributed by atoms with van der Waals surface area (Å²) >= 11 is 0. The summed E-state index contributed by atoms with van der Waals surface area (Å²) in [6, 6.07) is 4.86. The van der Waals surface area contributed by atoms with E-state index in [1.165, 1.54) is 6.07 Å². The van der Waals surface area contributed by atoms with Gasteiger partial charge in [-0.05, 0) is 30.5 Å². The summed E-state index contributed by atoms with van der Waals surface area (Å²) in [6.07, 6.45) is 1.32. The van der Waals surface area contributed by atoms with Gasteiger partial charge < -0.3 is 10.6 Å². The van der Waals surface area contributed by atoms with Gasteiger partial charge in [0.05, 0.1) is 6.42 Å². The Morgan fingerprint density at radius 2 is 1.96 bits per heavy atom. The zero-order valence-corrected chi connectivity index (χ0v) is 13.5. The van der Waals surface area contributed by atoms with E-state index in [0.29, 0.717) is 25.9 Å². The Hall–Kier alpha value is -2.77. The normalized spacial score (nSPS) is 15.4. The SMILES string of the molecule is NC(=O)c1cc(C2CCN(C(=O)Cc3ccc(F)cc3F)CC2)[nH]n1. The van der Waals surface area contributed by atoms with Crippen molar-refractivity contribution in [3.63, 3.8) is 0 Å². The Kier molecular flexibility index (Phi) is 4.78. The maximum atomic E-state index is 13.7. The second-order valence-electron chi connectivity index (χ2n) is 6.14. The summed E-state index contributed by atoms with van der Waals surface area (Å²) in [7, 11) is 0. The third-order valence-electron chi connectivity index (χ3n) is 4.49.